The Morgan fingerprint density at radius 2 is 1.89 bits per heavy atom. The van der Waals surface area contributed by atoms with Crippen molar-refractivity contribution in [2.75, 3.05) is 53.6 Å². The van der Waals surface area contributed by atoms with E-state index in [1.54, 1.807) is 7.11 Å². The Labute approximate surface area is 162 Å². The average molecular weight is 376 g/mol. The van der Waals surface area contributed by atoms with Crippen molar-refractivity contribution >= 4 is 5.97 Å². The summed E-state index contributed by atoms with van der Waals surface area (Å²) in [5.74, 6) is 1.26. The number of nitrogens with zero attached hydrogens (tertiary/aromatic N) is 2. The molecule has 0 bridgehead atoms. The van der Waals surface area contributed by atoms with Crippen LogP contribution in [0.15, 0.2) is 24.3 Å². The normalized spacial score (nSPS) is 24.5. The maximum absolute atomic E-state index is 11.7. The van der Waals surface area contributed by atoms with E-state index in [0.717, 1.165) is 64.5 Å². The van der Waals surface area contributed by atoms with Gasteiger partial charge in [-0.1, -0.05) is 12.1 Å². The van der Waals surface area contributed by atoms with Gasteiger partial charge in [0.05, 0.1) is 27.4 Å². The third-order valence-electron chi connectivity index (χ3n) is 5.80. The molecule has 6 heteroatoms. The van der Waals surface area contributed by atoms with E-state index in [2.05, 4.69) is 21.9 Å². The van der Waals surface area contributed by atoms with Crippen LogP contribution in [-0.4, -0.2) is 75.4 Å². The molecule has 3 rings (SSSR count). The van der Waals surface area contributed by atoms with Crippen molar-refractivity contribution < 1.29 is 19.0 Å². The van der Waals surface area contributed by atoms with Crippen LogP contribution in [-0.2, 0) is 20.8 Å². The summed E-state index contributed by atoms with van der Waals surface area (Å²) < 4.78 is 15.6. The standard InChI is InChI=1S/C21H32N2O4/c1-25-19-6-3-17(4-7-19)15-22-10-9-20(23-11-13-27-14-12-23)18(16-22)5-8-21(24)26-2/h3-4,6-7,18,20H,5,8-16H2,1-2H3/t18-,20+/m0/s1. The Morgan fingerprint density at radius 3 is 2.56 bits per heavy atom. The molecule has 0 aromatic heterocycles. The molecule has 2 atom stereocenters. The summed E-state index contributed by atoms with van der Waals surface area (Å²) >= 11 is 0. The third kappa shape index (κ3) is 5.67. The van der Waals surface area contributed by atoms with Crippen LogP contribution in [0.25, 0.3) is 0 Å². The molecule has 0 amide bonds. The molecule has 0 spiro atoms. The maximum Gasteiger partial charge on any atom is 0.305 e. The molecule has 2 saturated heterocycles. The van der Waals surface area contributed by atoms with Gasteiger partial charge in [-0.2, -0.15) is 0 Å². The van der Waals surface area contributed by atoms with Gasteiger partial charge in [0.2, 0.25) is 0 Å². The van der Waals surface area contributed by atoms with Crippen LogP contribution in [0, 0.1) is 5.92 Å². The Hall–Kier alpha value is -1.63. The van der Waals surface area contributed by atoms with Crippen molar-refractivity contribution in [1.82, 2.24) is 9.80 Å². The van der Waals surface area contributed by atoms with Crippen LogP contribution >= 0.6 is 0 Å². The zero-order valence-corrected chi connectivity index (χ0v) is 16.6. The van der Waals surface area contributed by atoms with Crippen molar-refractivity contribution in [2.24, 2.45) is 5.92 Å². The van der Waals surface area contributed by atoms with Gasteiger partial charge in [-0.05, 0) is 43.0 Å². The van der Waals surface area contributed by atoms with E-state index in [4.69, 9.17) is 14.2 Å². The second-order valence-corrected chi connectivity index (χ2v) is 7.46. The van der Waals surface area contributed by atoms with E-state index in [0.29, 0.717) is 18.4 Å². The molecule has 6 nitrogen and oxygen atoms in total. The molecule has 2 aliphatic heterocycles. The summed E-state index contributed by atoms with van der Waals surface area (Å²) in [6, 6.07) is 8.84. The fourth-order valence-electron chi connectivity index (χ4n) is 4.31. The summed E-state index contributed by atoms with van der Waals surface area (Å²) in [6.07, 6.45) is 2.52. The van der Waals surface area contributed by atoms with Gasteiger partial charge in [-0.15, -0.1) is 0 Å². The number of methoxy groups -OCH3 is 2. The Bertz CT molecular complexity index is 586. The molecule has 0 radical (unpaired) electrons. The molecule has 150 valence electrons. The van der Waals surface area contributed by atoms with Crippen LogP contribution in [0.2, 0.25) is 0 Å². The minimum Gasteiger partial charge on any atom is -0.497 e. The van der Waals surface area contributed by atoms with E-state index >= 15 is 0 Å². The number of esters is 1. The number of hydrogen-bond acceptors (Lipinski definition) is 6. The summed E-state index contributed by atoms with van der Waals surface area (Å²) in [5, 5.41) is 0. The highest BCUT2D eigenvalue weighted by Gasteiger charge is 2.34. The van der Waals surface area contributed by atoms with Gasteiger partial charge < -0.3 is 14.2 Å². The lowest BCUT2D eigenvalue weighted by Crippen LogP contribution is -2.53. The molecular weight excluding hydrogens is 344 g/mol. The second kappa shape index (κ2) is 10.1. The van der Waals surface area contributed by atoms with E-state index in [9.17, 15) is 4.79 Å². The zero-order chi connectivity index (χ0) is 19.1. The number of benzene rings is 1. The van der Waals surface area contributed by atoms with Gasteiger partial charge in [-0.3, -0.25) is 14.6 Å². The number of rotatable bonds is 7. The van der Waals surface area contributed by atoms with Gasteiger partial charge in [0.1, 0.15) is 5.75 Å². The van der Waals surface area contributed by atoms with Crippen LogP contribution in [0.4, 0.5) is 0 Å². The number of ether oxygens (including phenoxy) is 3. The molecule has 0 N–H and O–H groups in total. The molecule has 2 aliphatic rings. The first-order chi connectivity index (χ1) is 13.2. The van der Waals surface area contributed by atoms with Crippen molar-refractivity contribution in [3.8, 4) is 5.75 Å². The predicted molar refractivity (Wildman–Crippen MR) is 104 cm³/mol. The van der Waals surface area contributed by atoms with Gasteiger partial charge in [0.15, 0.2) is 0 Å². The Balaban J connectivity index is 1.61. The molecule has 0 unspecified atom stereocenters. The molecule has 1 aromatic rings. The highest BCUT2D eigenvalue weighted by Crippen LogP contribution is 2.28. The summed E-state index contributed by atoms with van der Waals surface area (Å²) in [6.45, 7) is 6.67. The summed E-state index contributed by atoms with van der Waals surface area (Å²) in [4.78, 5) is 16.8. The van der Waals surface area contributed by atoms with Crippen LogP contribution in [0.1, 0.15) is 24.8 Å². The molecule has 0 aliphatic carbocycles. The number of morpholine rings is 1. The van der Waals surface area contributed by atoms with Gasteiger partial charge >= 0.3 is 5.97 Å². The highest BCUT2D eigenvalue weighted by atomic mass is 16.5. The molecule has 27 heavy (non-hydrogen) atoms. The maximum atomic E-state index is 11.7. The van der Waals surface area contributed by atoms with E-state index in [1.807, 2.05) is 12.1 Å². The number of carbonyl (C=O) groups excluding carboxylic acids is 1. The second-order valence-electron chi connectivity index (χ2n) is 7.46. The van der Waals surface area contributed by atoms with E-state index in [-0.39, 0.29) is 5.97 Å². The van der Waals surface area contributed by atoms with Crippen LogP contribution in [0.3, 0.4) is 0 Å². The van der Waals surface area contributed by atoms with Crippen LogP contribution < -0.4 is 4.74 Å². The smallest absolute Gasteiger partial charge is 0.305 e. The number of likely N-dealkylation sites (tertiary alicyclic amines) is 1. The Kier molecular flexibility index (Phi) is 7.50. The molecule has 0 saturated carbocycles. The minimum absolute atomic E-state index is 0.108. The lowest BCUT2D eigenvalue weighted by Gasteiger charge is -2.45. The molecule has 2 fully saturated rings. The fraction of sp³-hybridized carbons (Fsp3) is 0.667. The number of carbonyl (C=O) groups is 1. The number of hydrogen-bond donors (Lipinski definition) is 0. The fourth-order valence-corrected chi connectivity index (χ4v) is 4.31. The Morgan fingerprint density at radius 1 is 1.15 bits per heavy atom. The molecular formula is C21H32N2O4. The van der Waals surface area contributed by atoms with Gasteiger partial charge in [-0.25, -0.2) is 0 Å². The van der Waals surface area contributed by atoms with Crippen molar-refractivity contribution in [3.05, 3.63) is 29.8 Å². The van der Waals surface area contributed by atoms with E-state index in [1.165, 1.54) is 12.7 Å². The van der Waals surface area contributed by atoms with Crippen molar-refractivity contribution in [3.63, 3.8) is 0 Å². The van der Waals surface area contributed by atoms with Gasteiger partial charge in [0.25, 0.3) is 0 Å². The average Bonchev–Trinajstić information content (AvgIpc) is 2.73. The van der Waals surface area contributed by atoms with Crippen LogP contribution in [0.5, 0.6) is 5.75 Å². The quantitative estimate of drug-likeness (QED) is 0.680. The van der Waals surface area contributed by atoms with E-state index < -0.39 is 0 Å². The van der Waals surface area contributed by atoms with Gasteiger partial charge in [0, 0.05) is 38.6 Å². The third-order valence-corrected chi connectivity index (χ3v) is 5.80. The number of piperidine rings is 1. The minimum atomic E-state index is -0.108. The first kappa shape index (κ1) is 20.1. The zero-order valence-electron chi connectivity index (χ0n) is 16.6. The van der Waals surface area contributed by atoms with Crippen molar-refractivity contribution in [1.29, 1.82) is 0 Å². The monoisotopic (exact) mass is 376 g/mol. The summed E-state index contributed by atoms with van der Waals surface area (Å²) in [7, 11) is 3.16. The molecule has 1 aromatic carbocycles. The lowest BCUT2D eigenvalue weighted by atomic mass is 9.86. The first-order valence-corrected chi connectivity index (χ1v) is 9.93. The largest absolute Gasteiger partial charge is 0.497 e. The predicted octanol–water partition coefficient (Wildman–Crippen LogP) is 2.17. The molecule has 2 heterocycles. The van der Waals surface area contributed by atoms with Crippen molar-refractivity contribution in [2.45, 2.75) is 31.8 Å². The topological polar surface area (TPSA) is 51.2 Å². The summed E-state index contributed by atoms with van der Waals surface area (Å²) in [5.41, 5.74) is 1.30. The highest BCUT2D eigenvalue weighted by molar-refractivity contribution is 5.69. The lowest BCUT2D eigenvalue weighted by molar-refractivity contribution is -0.141. The first-order valence-electron chi connectivity index (χ1n) is 9.93. The SMILES string of the molecule is COC(=O)CC[C@H]1CN(Cc2ccc(OC)cc2)CC[C@H]1N1CCOCC1.